The minimum absolute atomic E-state index is 0.157. The van der Waals surface area contributed by atoms with Crippen LogP contribution in [0, 0.1) is 0 Å². The van der Waals surface area contributed by atoms with Gasteiger partial charge in [-0.2, -0.15) is 5.10 Å². The second-order valence-corrected chi connectivity index (χ2v) is 4.38. The van der Waals surface area contributed by atoms with Crippen LogP contribution >= 0.6 is 0 Å². The molecule has 96 valence electrons. The van der Waals surface area contributed by atoms with Crippen LogP contribution in [-0.2, 0) is 0 Å². The fourth-order valence-corrected chi connectivity index (χ4v) is 2.02. The van der Waals surface area contributed by atoms with Crippen LogP contribution in [0.2, 0.25) is 0 Å². The molecule has 8 heteroatoms. The molecule has 0 amide bonds. The van der Waals surface area contributed by atoms with Crippen molar-refractivity contribution < 1.29 is 8.78 Å². The summed E-state index contributed by atoms with van der Waals surface area (Å²) in [4.78, 5) is 10.2. The normalized spacial score (nSPS) is 19.3. The first-order valence-corrected chi connectivity index (χ1v) is 5.64. The van der Waals surface area contributed by atoms with Gasteiger partial charge in [-0.15, -0.1) is 0 Å². The van der Waals surface area contributed by atoms with Gasteiger partial charge in [0.2, 0.25) is 5.65 Å². The molecule has 2 aromatic heterocycles. The Morgan fingerprint density at radius 2 is 2.06 bits per heavy atom. The van der Waals surface area contributed by atoms with Gasteiger partial charge in [-0.25, -0.2) is 18.7 Å². The summed E-state index contributed by atoms with van der Waals surface area (Å²) in [6.45, 7) is 0.542. The van der Waals surface area contributed by atoms with Gasteiger partial charge in [0.25, 0.3) is 5.92 Å². The molecule has 3 heterocycles. The highest BCUT2D eigenvalue weighted by molar-refractivity contribution is 5.82. The van der Waals surface area contributed by atoms with Gasteiger partial charge in [0.15, 0.2) is 5.52 Å². The highest BCUT2D eigenvalue weighted by Crippen LogP contribution is 2.30. The van der Waals surface area contributed by atoms with Gasteiger partial charge in [0.05, 0.1) is 6.20 Å². The van der Waals surface area contributed by atoms with Crippen LogP contribution in [0.5, 0.6) is 0 Å². The SMILES string of the molecule is Nc1[nH]nc2nc(N3CCC(F)(F)CC3)cnc12. The van der Waals surface area contributed by atoms with E-state index in [4.69, 9.17) is 5.73 Å². The first kappa shape index (κ1) is 11.1. The van der Waals surface area contributed by atoms with Crippen LogP contribution in [0.25, 0.3) is 11.2 Å². The van der Waals surface area contributed by atoms with Gasteiger partial charge in [-0.05, 0) is 0 Å². The van der Waals surface area contributed by atoms with Crippen LogP contribution in [0.15, 0.2) is 6.20 Å². The molecule has 1 aliphatic rings. The number of nitrogens with zero attached hydrogens (tertiary/aromatic N) is 4. The molecular weight excluding hydrogens is 242 g/mol. The van der Waals surface area contributed by atoms with Crippen molar-refractivity contribution >= 4 is 22.8 Å². The number of hydrogen-bond donors (Lipinski definition) is 2. The highest BCUT2D eigenvalue weighted by atomic mass is 19.3. The van der Waals surface area contributed by atoms with Gasteiger partial charge in [0.1, 0.15) is 11.6 Å². The van der Waals surface area contributed by atoms with Gasteiger partial charge in [-0.3, -0.25) is 5.10 Å². The number of rotatable bonds is 1. The number of H-pyrrole nitrogens is 1. The Kier molecular flexibility index (Phi) is 2.32. The molecule has 3 N–H and O–H groups in total. The minimum Gasteiger partial charge on any atom is -0.382 e. The average Bonchev–Trinajstić information content (AvgIpc) is 2.71. The highest BCUT2D eigenvalue weighted by Gasteiger charge is 2.34. The Balaban J connectivity index is 1.87. The topological polar surface area (TPSA) is 83.7 Å². The van der Waals surface area contributed by atoms with Crippen LogP contribution in [0.3, 0.4) is 0 Å². The zero-order valence-corrected chi connectivity index (χ0v) is 9.53. The standard InChI is InChI=1S/C10H12F2N6/c11-10(12)1-3-18(4-2-10)6-5-14-7-8(13)16-17-9(7)15-6/h5H,1-4H2,(H3,13,15,16,17). The van der Waals surface area contributed by atoms with Crippen LogP contribution < -0.4 is 10.6 Å². The second-order valence-electron chi connectivity index (χ2n) is 4.38. The molecule has 1 fully saturated rings. The summed E-state index contributed by atoms with van der Waals surface area (Å²) in [7, 11) is 0. The molecule has 6 nitrogen and oxygen atoms in total. The monoisotopic (exact) mass is 254 g/mol. The zero-order valence-electron chi connectivity index (χ0n) is 9.53. The maximum atomic E-state index is 13.1. The Morgan fingerprint density at radius 1 is 1.33 bits per heavy atom. The molecule has 0 saturated carbocycles. The minimum atomic E-state index is -2.56. The first-order chi connectivity index (χ1) is 8.55. The van der Waals surface area contributed by atoms with Crippen molar-refractivity contribution in [3.63, 3.8) is 0 Å². The lowest BCUT2D eigenvalue weighted by atomic mass is 10.1. The largest absolute Gasteiger partial charge is 0.382 e. The summed E-state index contributed by atoms with van der Waals surface area (Å²) >= 11 is 0. The number of nitrogens with one attached hydrogen (secondary N) is 1. The van der Waals surface area contributed by atoms with Gasteiger partial charge in [-0.1, -0.05) is 0 Å². The van der Waals surface area contributed by atoms with E-state index in [2.05, 4.69) is 20.2 Å². The molecule has 0 unspecified atom stereocenters. The number of halogens is 2. The number of nitrogen functional groups attached to an aromatic ring is 1. The number of alkyl halides is 2. The summed E-state index contributed by atoms with van der Waals surface area (Å²) in [5.74, 6) is -1.65. The molecule has 1 saturated heterocycles. The van der Waals surface area contributed by atoms with Crippen LogP contribution in [0.1, 0.15) is 12.8 Å². The lowest BCUT2D eigenvalue weighted by Gasteiger charge is -2.32. The van der Waals surface area contributed by atoms with Gasteiger partial charge in [0, 0.05) is 25.9 Å². The van der Waals surface area contributed by atoms with Crippen molar-refractivity contribution in [2.75, 3.05) is 23.7 Å². The number of aromatic nitrogens is 4. The van der Waals surface area contributed by atoms with E-state index < -0.39 is 5.92 Å². The summed E-state index contributed by atoms with van der Waals surface area (Å²) in [6.07, 6.45) is 1.22. The third-order valence-electron chi connectivity index (χ3n) is 3.10. The molecule has 3 rings (SSSR count). The molecule has 0 bridgehead atoms. The van der Waals surface area contributed by atoms with E-state index >= 15 is 0 Å². The first-order valence-electron chi connectivity index (χ1n) is 5.64. The van der Waals surface area contributed by atoms with Gasteiger partial charge < -0.3 is 10.6 Å². The lowest BCUT2D eigenvalue weighted by Crippen LogP contribution is -2.39. The number of aromatic amines is 1. The zero-order chi connectivity index (χ0) is 12.8. The number of anilines is 2. The summed E-state index contributed by atoms with van der Waals surface area (Å²) in [5, 5.41) is 6.49. The Morgan fingerprint density at radius 3 is 2.78 bits per heavy atom. The van der Waals surface area contributed by atoms with Crippen molar-refractivity contribution in [3.05, 3.63) is 6.20 Å². The maximum absolute atomic E-state index is 13.1. The number of fused-ring (bicyclic) bond motifs is 1. The molecule has 0 radical (unpaired) electrons. The van der Waals surface area contributed by atoms with E-state index in [0.717, 1.165) is 0 Å². The van der Waals surface area contributed by atoms with E-state index in [1.807, 2.05) is 0 Å². The van der Waals surface area contributed by atoms with E-state index in [1.165, 1.54) is 6.20 Å². The molecule has 2 aromatic rings. The summed E-state index contributed by atoms with van der Waals surface area (Å²) in [5.41, 5.74) is 6.51. The van der Waals surface area contributed by atoms with Crippen LogP contribution in [0.4, 0.5) is 20.4 Å². The molecular formula is C10H12F2N6. The third kappa shape index (κ3) is 1.83. The van der Waals surface area contributed by atoms with Crippen molar-refractivity contribution in [1.29, 1.82) is 0 Å². The van der Waals surface area contributed by atoms with E-state index in [0.29, 0.717) is 22.8 Å². The molecule has 0 aliphatic carbocycles. The van der Waals surface area contributed by atoms with Crippen molar-refractivity contribution in [3.8, 4) is 0 Å². The second kappa shape index (κ2) is 3.76. The smallest absolute Gasteiger partial charge is 0.251 e. The lowest BCUT2D eigenvalue weighted by molar-refractivity contribution is -0.0221. The third-order valence-corrected chi connectivity index (χ3v) is 3.10. The fraction of sp³-hybridized carbons (Fsp3) is 0.500. The van der Waals surface area contributed by atoms with Crippen molar-refractivity contribution in [2.24, 2.45) is 0 Å². The predicted molar refractivity (Wildman–Crippen MR) is 62.5 cm³/mol. The fourth-order valence-electron chi connectivity index (χ4n) is 2.02. The maximum Gasteiger partial charge on any atom is 0.251 e. The predicted octanol–water partition coefficient (Wildman–Crippen LogP) is 1.17. The molecule has 0 atom stereocenters. The Hall–Kier alpha value is -1.99. The Bertz CT molecular complexity index is 571. The molecule has 0 spiro atoms. The summed E-state index contributed by atoms with van der Waals surface area (Å²) in [6, 6.07) is 0. The van der Waals surface area contributed by atoms with Crippen molar-refractivity contribution in [2.45, 2.75) is 18.8 Å². The van der Waals surface area contributed by atoms with Gasteiger partial charge >= 0.3 is 0 Å². The Labute approximate surface area is 101 Å². The quantitative estimate of drug-likeness (QED) is 0.798. The van der Waals surface area contributed by atoms with E-state index in [9.17, 15) is 8.78 Å². The van der Waals surface area contributed by atoms with Crippen molar-refractivity contribution in [1.82, 2.24) is 20.2 Å². The van der Waals surface area contributed by atoms with E-state index in [-0.39, 0.29) is 25.9 Å². The molecule has 18 heavy (non-hydrogen) atoms. The van der Waals surface area contributed by atoms with Crippen LogP contribution in [-0.4, -0.2) is 39.2 Å². The number of hydrogen-bond acceptors (Lipinski definition) is 5. The number of piperidine rings is 1. The van der Waals surface area contributed by atoms with E-state index in [1.54, 1.807) is 4.90 Å². The average molecular weight is 254 g/mol. The molecule has 0 aromatic carbocycles. The molecule has 1 aliphatic heterocycles. The number of nitrogens with two attached hydrogens (primary N) is 1. The summed E-state index contributed by atoms with van der Waals surface area (Å²) < 4.78 is 26.1.